The van der Waals surface area contributed by atoms with Gasteiger partial charge in [-0.1, -0.05) is 17.7 Å². The Morgan fingerprint density at radius 1 is 1.15 bits per heavy atom. The van der Waals surface area contributed by atoms with E-state index in [1.54, 1.807) is 24.3 Å². The lowest BCUT2D eigenvalue weighted by Gasteiger charge is -2.06. The van der Waals surface area contributed by atoms with Gasteiger partial charge in [-0.15, -0.1) is 0 Å². The highest BCUT2D eigenvalue weighted by atomic mass is 32.2. The summed E-state index contributed by atoms with van der Waals surface area (Å²) in [7, 11) is -3.72. The van der Waals surface area contributed by atoms with Crippen LogP contribution in [0.25, 0.3) is 11.2 Å². The zero-order chi connectivity index (χ0) is 14.3. The predicted octanol–water partition coefficient (Wildman–Crippen LogP) is 1.27. The minimum atomic E-state index is -3.72. The summed E-state index contributed by atoms with van der Waals surface area (Å²) in [6.45, 7) is 1.88. The number of fused-ring (bicyclic) bond motifs is 1. The number of hydrogen-bond donors (Lipinski definition) is 1. The molecule has 1 N–H and O–H groups in total. The van der Waals surface area contributed by atoms with Gasteiger partial charge in [0.15, 0.2) is 5.65 Å². The van der Waals surface area contributed by atoms with Gasteiger partial charge in [-0.05, 0) is 25.1 Å². The van der Waals surface area contributed by atoms with Crippen molar-refractivity contribution >= 4 is 21.2 Å². The van der Waals surface area contributed by atoms with Crippen LogP contribution in [0.3, 0.4) is 0 Å². The monoisotopic (exact) mass is 289 g/mol. The van der Waals surface area contributed by atoms with Crippen LogP contribution in [0.1, 0.15) is 5.56 Å². The first-order valence-corrected chi connectivity index (χ1v) is 7.31. The van der Waals surface area contributed by atoms with E-state index in [0.717, 1.165) is 15.7 Å². The van der Waals surface area contributed by atoms with Crippen LogP contribution in [0.15, 0.2) is 52.4 Å². The van der Waals surface area contributed by atoms with Crippen LogP contribution >= 0.6 is 0 Å². The third-order valence-corrected chi connectivity index (χ3v) is 4.65. The molecule has 3 rings (SSSR count). The van der Waals surface area contributed by atoms with Crippen molar-refractivity contribution in [3.63, 3.8) is 0 Å². The molecule has 102 valence electrons. The van der Waals surface area contributed by atoms with Gasteiger partial charge in [0.1, 0.15) is 0 Å². The van der Waals surface area contributed by atoms with Gasteiger partial charge in [0.25, 0.3) is 15.6 Å². The van der Waals surface area contributed by atoms with Crippen molar-refractivity contribution in [2.45, 2.75) is 11.8 Å². The number of nitrogens with one attached hydrogen (secondary N) is 1. The van der Waals surface area contributed by atoms with Crippen LogP contribution in [0, 0.1) is 6.92 Å². The topological polar surface area (TPSA) is 84.8 Å². The Kier molecular flexibility index (Phi) is 2.72. The maximum Gasteiger partial charge on any atom is 0.269 e. The van der Waals surface area contributed by atoms with E-state index in [1.807, 2.05) is 6.92 Å². The molecule has 20 heavy (non-hydrogen) atoms. The van der Waals surface area contributed by atoms with Crippen LogP contribution in [-0.2, 0) is 10.0 Å². The minimum absolute atomic E-state index is 0.175. The molecule has 1 aromatic carbocycles. The number of nitrogens with zero attached hydrogens (tertiary/aromatic N) is 2. The van der Waals surface area contributed by atoms with Crippen LogP contribution in [0.5, 0.6) is 0 Å². The first-order chi connectivity index (χ1) is 9.48. The van der Waals surface area contributed by atoms with E-state index in [2.05, 4.69) is 9.97 Å². The van der Waals surface area contributed by atoms with E-state index in [-0.39, 0.29) is 16.1 Å². The summed E-state index contributed by atoms with van der Waals surface area (Å²) in [6.07, 6.45) is 2.44. The zero-order valence-electron chi connectivity index (χ0n) is 10.6. The maximum absolute atomic E-state index is 12.5. The molecule has 0 aliphatic rings. The number of hydrogen-bond acceptors (Lipinski definition) is 4. The summed E-state index contributed by atoms with van der Waals surface area (Å²) in [4.78, 5) is 17.8. The van der Waals surface area contributed by atoms with E-state index < -0.39 is 10.0 Å². The third-order valence-electron chi connectivity index (χ3n) is 2.97. The van der Waals surface area contributed by atoms with Gasteiger partial charge in [0.2, 0.25) is 0 Å². The molecule has 0 fully saturated rings. The number of aromatic amines is 1. The van der Waals surface area contributed by atoms with Gasteiger partial charge in [-0.2, -0.15) is 0 Å². The number of aryl methyl sites for hydroxylation is 1. The number of benzene rings is 1. The molecule has 0 saturated carbocycles. The lowest BCUT2D eigenvalue weighted by atomic mass is 10.2. The fourth-order valence-corrected chi connectivity index (χ4v) is 3.23. The van der Waals surface area contributed by atoms with Crippen molar-refractivity contribution in [3.05, 3.63) is 58.6 Å². The summed E-state index contributed by atoms with van der Waals surface area (Å²) in [5.41, 5.74) is 1.19. The minimum Gasteiger partial charge on any atom is -0.318 e. The number of aromatic nitrogens is 3. The average Bonchev–Trinajstić information content (AvgIpc) is 2.82. The lowest BCUT2D eigenvalue weighted by molar-refractivity contribution is 0.588. The van der Waals surface area contributed by atoms with Crippen molar-refractivity contribution in [2.75, 3.05) is 0 Å². The molecule has 0 amide bonds. The molecule has 0 radical (unpaired) electrons. The Morgan fingerprint density at radius 2 is 1.85 bits per heavy atom. The van der Waals surface area contributed by atoms with Gasteiger partial charge < -0.3 is 4.98 Å². The van der Waals surface area contributed by atoms with Crippen molar-refractivity contribution < 1.29 is 8.42 Å². The van der Waals surface area contributed by atoms with Crippen LogP contribution in [0.4, 0.5) is 0 Å². The Bertz CT molecular complexity index is 937. The zero-order valence-corrected chi connectivity index (χ0v) is 11.4. The molecule has 0 spiro atoms. The molecule has 0 aliphatic heterocycles. The van der Waals surface area contributed by atoms with Gasteiger partial charge in [-0.25, -0.2) is 17.4 Å². The molecule has 0 bridgehead atoms. The molecule has 2 heterocycles. The van der Waals surface area contributed by atoms with E-state index >= 15 is 0 Å². The average molecular weight is 289 g/mol. The molecular formula is C13H11N3O3S. The Balaban J connectivity index is 2.24. The summed E-state index contributed by atoms with van der Waals surface area (Å²) >= 11 is 0. The van der Waals surface area contributed by atoms with Crippen molar-refractivity contribution in [1.29, 1.82) is 0 Å². The molecule has 6 nitrogen and oxygen atoms in total. The lowest BCUT2D eigenvalue weighted by Crippen LogP contribution is -2.14. The van der Waals surface area contributed by atoms with E-state index in [1.165, 1.54) is 12.3 Å². The second-order valence-corrected chi connectivity index (χ2v) is 6.23. The fourth-order valence-electron chi connectivity index (χ4n) is 1.93. The van der Waals surface area contributed by atoms with Crippen molar-refractivity contribution in [3.8, 4) is 0 Å². The first kappa shape index (κ1) is 12.6. The normalized spacial score (nSPS) is 11.8. The Morgan fingerprint density at radius 3 is 2.55 bits per heavy atom. The fraction of sp³-hybridized carbons (Fsp3) is 0.0769. The highest BCUT2D eigenvalue weighted by Crippen LogP contribution is 2.19. The van der Waals surface area contributed by atoms with Crippen LogP contribution in [0.2, 0.25) is 0 Å². The second-order valence-electron chi connectivity index (χ2n) is 4.41. The molecule has 7 heteroatoms. The molecule has 3 aromatic rings. The van der Waals surface area contributed by atoms with Crippen molar-refractivity contribution in [2.24, 2.45) is 0 Å². The largest absolute Gasteiger partial charge is 0.318 e. The van der Waals surface area contributed by atoms with E-state index in [9.17, 15) is 13.2 Å². The van der Waals surface area contributed by atoms with Gasteiger partial charge in [0.05, 0.1) is 16.6 Å². The molecular weight excluding hydrogens is 278 g/mol. The van der Waals surface area contributed by atoms with Gasteiger partial charge >= 0.3 is 0 Å². The first-order valence-electron chi connectivity index (χ1n) is 5.87. The number of H-pyrrole nitrogens is 1. The quantitative estimate of drug-likeness (QED) is 0.770. The summed E-state index contributed by atoms with van der Waals surface area (Å²) < 4.78 is 26.1. The summed E-state index contributed by atoms with van der Waals surface area (Å²) in [5.74, 6) is 0. The highest BCUT2D eigenvalue weighted by Gasteiger charge is 2.19. The number of rotatable bonds is 2. The Hall–Kier alpha value is -2.41. The molecule has 0 atom stereocenters. The SMILES string of the molecule is Cc1ccc(S(=O)(=O)n2ccc3[nH]c(=O)cnc32)cc1. The van der Waals surface area contributed by atoms with E-state index in [4.69, 9.17) is 0 Å². The molecule has 0 aliphatic carbocycles. The molecule has 0 saturated heterocycles. The van der Waals surface area contributed by atoms with Crippen molar-refractivity contribution in [1.82, 2.24) is 13.9 Å². The second kappa shape index (κ2) is 4.31. The molecule has 0 unspecified atom stereocenters. The standard InChI is InChI=1S/C13H11N3O3S/c1-9-2-4-10(5-3-9)20(18,19)16-7-6-11-13(16)14-8-12(17)15-11/h2-8H,1H3,(H,15,17). The summed E-state index contributed by atoms with van der Waals surface area (Å²) in [5, 5.41) is 0. The van der Waals surface area contributed by atoms with Crippen LogP contribution < -0.4 is 5.56 Å². The van der Waals surface area contributed by atoms with E-state index in [0.29, 0.717) is 5.52 Å². The molecule has 2 aromatic heterocycles. The Labute approximate surface area is 114 Å². The maximum atomic E-state index is 12.5. The van der Waals surface area contributed by atoms with Crippen LogP contribution in [-0.4, -0.2) is 22.4 Å². The third kappa shape index (κ3) is 1.92. The predicted molar refractivity (Wildman–Crippen MR) is 74.1 cm³/mol. The summed E-state index contributed by atoms with van der Waals surface area (Å²) in [6, 6.07) is 8.06. The van der Waals surface area contributed by atoms with Gasteiger partial charge in [-0.3, -0.25) is 4.79 Å². The smallest absolute Gasteiger partial charge is 0.269 e. The van der Waals surface area contributed by atoms with Gasteiger partial charge in [0, 0.05) is 6.20 Å². The highest BCUT2D eigenvalue weighted by molar-refractivity contribution is 7.90.